The van der Waals surface area contributed by atoms with Crippen LogP contribution in [-0.2, 0) is 4.79 Å². The van der Waals surface area contributed by atoms with Crippen molar-refractivity contribution >= 4 is 5.91 Å². The zero-order valence-electron chi connectivity index (χ0n) is 12.5. The van der Waals surface area contributed by atoms with E-state index in [2.05, 4.69) is 19.2 Å². The van der Waals surface area contributed by atoms with Crippen molar-refractivity contribution in [2.75, 3.05) is 13.1 Å². The molecule has 0 saturated heterocycles. The molecule has 1 rings (SSSR count). The second kappa shape index (κ2) is 7.85. The molecule has 0 bridgehead atoms. The highest BCUT2D eigenvalue weighted by molar-refractivity contribution is 5.75. The van der Waals surface area contributed by atoms with E-state index in [0.717, 1.165) is 38.5 Å². The van der Waals surface area contributed by atoms with E-state index >= 15 is 0 Å². The van der Waals surface area contributed by atoms with E-state index in [4.69, 9.17) is 5.73 Å². The fraction of sp³-hybridized carbons (Fsp3) is 0.933. The average Bonchev–Trinajstić information content (AvgIpc) is 2.79. The highest BCUT2D eigenvalue weighted by Crippen LogP contribution is 2.28. The van der Waals surface area contributed by atoms with Crippen molar-refractivity contribution in [1.29, 1.82) is 0 Å². The van der Waals surface area contributed by atoms with Gasteiger partial charge >= 0.3 is 0 Å². The van der Waals surface area contributed by atoms with Crippen molar-refractivity contribution in [2.24, 2.45) is 17.6 Å². The summed E-state index contributed by atoms with van der Waals surface area (Å²) in [5.74, 6) is 1.14. The molecule has 1 amide bonds. The van der Waals surface area contributed by atoms with Crippen molar-refractivity contribution < 1.29 is 9.90 Å². The lowest BCUT2D eigenvalue weighted by molar-refractivity contribution is -0.122. The molecule has 1 saturated carbocycles. The lowest BCUT2D eigenvalue weighted by Crippen LogP contribution is -2.40. The summed E-state index contributed by atoms with van der Waals surface area (Å²) in [6.45, 7) is 5.46. The first-order valence-electron chi connectivity index (χ1n) is 7.66. The van der Waals surface area contributed by atoms with Gasteiger partial charge in [-0.25, -0.2) is 0 Å². The van der Waals surface area contributed by atoms with Crippen molar-refractivity contribution in [3.05, 3.63) is 0 Å². The third-order valence-corrected chi connectivity index (χ3v) is 4.37. The summed E-state index contributed by atoms with van der Waals surface area (Å²) in [5.41, 5.74) is 4.95. The number of aliphatic hydroxyl groups is 1. The maximum atomic E-state index is 11.8. The van der Waals surface area contributed by atoms with Gasteiger partial charge in [-0.2, -0.15) is 0 Å². The van der Waals surface area contributed by atoms with Crippen molar-refractivity contribution in [3.8, 4) is 0 Å². The molecule has 4 nitrogen and oxygen atoms in total. The molecular weight excluding hydrogens is 240 g/mol. The molecule has 112 valence electrons. The topological polar surface area (TPSA) is 75.4 Å². The molecule has 0 heterocycles. The molecule has 1 aliphatic rings. The Morgan fingerprint density at radius 3 is 2.47 bits per heavy atom. The molecule has 19 heavy (non-hydrogen) atoms. The van der Waals surface area contributed by atoms with E-state index in [0.29, 0.717) is 31.3 Å². The SMILES string of the molecule is CC(C)C(CCN)CCC(=O)NCC1(O)CCCC1. The molecule has 1 fully saturated rings. The van der Waals surface area contributed by atoms with E-state index in [1.165, 1.54) is 0 Å². The van der Waals surface area contributed by atoms with Gasteiger partial charge in [0, 0.05) is 13.0 Å². The summed E-state index contributed by atoms with van der Waals surface area (Å²) in [6.07, 6.45) is 6.17. The standard InChI is InChI=1S/C15H30N2O2/c1-12(2)13(7-10-16)5-6-14(18)17-11-15(19)8-3-4-9-15/h12-13,19H,3-11,16H2,1-2H3,(H,17,18). The lowest BCUT2D eigenvalue weighted by Gasteiger charge is -2.23. The Hall–Kier alpha value is -0.610. The van der Waals surface area contributed by atoms with Crippen LogP contribution in [0.2, 0.25) is 0 Å². The third-order valence-electron chi connectivity index (χ3n) is 4.37. The molecule has 0 spiro atoms. The minimum absolute atomic E-state index is 0.0583. The average molecular weight is 270 g/mol. The molecule has 4 heteroatoms. The van der Waals surface area contributed by atoms with Crippen LogP contribution < -0.4 is 11.1 Å². The van der Waals surface area contributed by atoms with Crippen molar-refractivity contribution in [3.63, 3.8) is 0 Å². The Balaban J connectivity index is 2.23. The summed E-state index contributed by atoms with van der Waals surface area (Å²) >= 11 is 0. The minimum atomic E-state index is -0.648. The zero-order valence-corrected chi connectivity index (χ0v) is 12.5. The number of carbonyl (C=O) groups is 1. The third kappa shape index (κ3) is 5.91. The highest BCUT2D eigenvalue weighted by atomic mass is 16.3. The molecule has 1 aliphatic carbocycles. The Morgan fingerprint density at radius 1 is 1.32 bits per heavy atom. The Bertz CT molecular complexity index is 273. The molecule has 0 aromatic carbocycles. The van der Waals surface area contributed by atoms with E-state index in [1.54, 1.807) is 0 Å². The van der Waals surface area contributed by atoms with Crippen LogP contribution in [0.3, 0.4) is 0 Å². The first-order valence-corrected chi connectivity index (χ1v) is 7.66. The Morgan fingerprint density at radius 2 is 1.95 bits per heavy atom. The van der Waals surface area contributed by atoms with E-state index in [9.17, 15) is 9.90 Å². The first kappa shape index (κ1) is 16.4. The van der Waals surface area contributed by atoms with Crippen LogP contribution in [0.15, 0.2) is 0 Å². The normalized spacial score (nSPS) is 19.6. The number of hydrogen-bond acceptors (Lipinski definition) is 3. The molecule has 0 radical (unpaired) electrons. The number of rotatable bonds is 8. The number of nitrogens with one attached hydrogen (secondary N) is 1. The van der Waals surface area contributed by atoms with Gasteiger partial charge in [-0.15, -0.1) is 0 Å². The van der Waals surface area contributed by atoms with Crippen LogP contribution in [0.4, 0.5) is 0 Å². The first-order chi connectivity index (χ1) is 8.97. The molecular formula is C15H30N2O2. The van der Waals surface area contributed by atoms with Crippen LogP contribution in [0.25, 0.3) is 0 Å². The summed E-state index contributed by atoms with van der Waals surface area (Å²) < 4.78 is 0. The van der Waals surface area contributed by atoms with Gasteiger partial charge in [0.05, 0.1) is 5.60 Å². The predicted octanol–water partition coefficient (Wildman–Crippen LogP) is 1.81. The quantitative estimate of drug-likeness (QED) is 0.629. The maximum Gasteiger partial charge on any atom is 0.220 e. The molecule has 1 unspecified atom stereocenters. The van der Waals surface area contributed by atoms with Gasteiger partial charge in [-0.05, 0) is 44.1 Å². The number of carbonyl (C=O) groups excluding carboxylic acids is 1. The number of amides is 1. The van der Waals surface area contributed by atoms with Gasteiger partial charge < -0.3 is 16.2 Å². The van der Waals surface area contributed by atoms with Crippen molar-refractivity contribution in [1.82, 2.24) is 5.32 Å². The van der Waals surface area contributed by atoms with Gasteiger partial charge in [-0.3, -0.25) is 4.79 Å². The van der Waals surface area contributed by atoms with E-state index in [-0.39, 0.29) is 5.91 Å². The molecule has 0 aliphatic heterocycles. The summed E-state index contributed by atoms with van der Waals surface area (Å²) in [7, 11) is 0. The van der Waals surface area contributed by atoms with Crippen LogP contribution in [-0.4, -0.2) is 29.7 Å². The van der Waals surface area contributed by atoms with Gasteiger partial charge in [0.1, 0.15) is 0 Å². The maximum absolute atomic E-state index is 11.8. The fourth-order valence-electron chi connectivity index (χ4n) is 2.90. The highest BCUT2D eigenvalue weighted by Gasteiger charge is 2.31. The van der Waals surface area contributed by atoms with Crippen molar-refractivity contribution in [2.45, 2.75) is 64.4 Å². The van der Waals surface area contributed by atoms with Gasteiger partial charge in [0.25, 0.3) is 0 Å². The van der Waals surface area contributed by atoms with E-state index in [1.807, 2.05) is 0 Å². The van der Waals surface area contributed by atoms with Crippen LogP contribution in [0.1, 0.15) is 58.8 Å². The molecule has 1 atom stereocenters. The van der Waals surface area contributed by atoms with Gasteiger partial charge in [-0.1, -0.05) is 26.7 Å². The lowest BCUT2D eigenvalue weighted by atomic mass is 9.88. The molecule has 0 aromatic rings. The smallest absolute Gasteiger partial charge is 0.220 e. The second-order valence-electron chi connectivity index (χ2n) is 6.33. The fourth-order valence-corrected chi connectivity index (χ4v) is 2.90. The monoisotopic (exact) mass is 270 g/mol. The number of nitrogens with two attached hydrogens (primary N) is 1. The van der Waals surface area contributed by atoms with Crippen LogP contribution in [0.5, 0.6) is 0 Å². The summed E-state index contributed by atoms with van der Waals surface area (Å²) in [5, 5.41) is 13.0. The zero-order chi connectivity index (χ0) is 14.3. The largest absolute Gasteiger partial charge is 0.388 e. The minimum Gasteiger partial charge on any atom is -0.388 e. The summed E-state index contributed by atoms with van der Waals surface area (Å²) in [6, 6.07) is 0. The van der Waals surface area contributed by atoms with Gasteiger partial charge in [0.15, 0.2) is 0 Å². The molecule has 4 N–H and O–H groups in total. The van der Waals surface area contributed by atoms with Gasteiger partial charge in [0.2, 0.25) is 5.91 Å². The summed E-state index contributed by atoms with van der Waals surface area (Å²) in [4.78, 5) is 11.8. The number of hydrogen-bond donors (Lipinski definition) is 3. The Labute approximate surface area is 117 Å². The molecule has 0 aromatic heterocycles. The Kier molecular flexibility index (Phi) is 6.80. The predicted molar refractivity (Wildman–Crippen MR) is 77.7 cm³/mol. The van der Waals surface area contributed by atoms with Crippen LogP contribution in [0, 0.1) is 11.8 Å². The van der Waals surface area contributed by atoms with E-state index < -0.39 is 5.60 Å². The van der Waals surface area contributed by atoms with Crippen LogP contribution >= 0.6 is 0 Å². The second-order valence-corrected chi connectivity index (χ2v) is 6.33.